The van der Waals surface area contributed by atoms with Crippen LogP contribution in [0.2, 0.25) is 0 Å². The molecule has 0 unspecified atom stereocenters. The largest absolute Gasteiger partial charge is 0.326 e. The molecule has 0 atom stereocenters. The van der Waals surface area contributed by atoms with Gasteiger partial charge in [0, 0.05) is 19.1 Å². The molecule has 1 aromatic rings. The number of hydrogen-bond donors (Lipinski definition) is 1. The lowest BCUT2D eigenvalue weighted by Crippen LogP contribution is -2.36. The van der Waals surface area contributed by atoms with E-state index in [1.165, 1.54) is 0 Å². The van der Waals surface area contributed by atoms with E-state index in [9.17, 15) is 8.42 Å². The van der Waals surface area contributed by atoms with Crippen molar-refractivity contribution >= 4 is 10.0 Å². The van der Waals surface area contributed by atoms with E-state index in [-0.39, 0.29) is 6.04 Å². The summed E-state index contributed by atoms with van der Waals surface area (Å²) in [6, 6.07) is 5.75. The van der Waals surface area contributed by atoms with Gasteiger partial charge < -0.3 is 5.73 Å². The first kappa shape index (κ1) is 16.5. The number of rotatable bonds is 7. The molecule has 1 saturated carbocycles. The lowest BCUT2D eigenvalue weighted by atomic mass is 10.1. The van der Waals surface area contributed by atoms with Gasteiger partial charge in [-0.1, -0.05) is 32.9 Å². The molecule has 0 saturated heterocycles. The molecule has 0 aliphatic heterocycles. The maximum atomic E-state index is 13.1. The molecule has 1 aromatic carbocycles. The van der Waals surface area contributed by atoms with E-state index in [0.717, 1.165) is 24.0 Å². The van der Waals surface area contributed by atoms with Crippen LogP contribution in [0, 0.1) is 5.92 Å². The molecule has 0 heterocycles. The highest BCUT2D eigenvalue weighted by molar-refractivity contribution is 7.89. The van der Waals surface area contributed by atoms with Gasteiger partial charge in [0.15, 0.2) is 0 Å². The first-order valence-corrected chi connectivity index (χ1v) is 9.17. The van der Waals surface area contributed by atoms with Crippen LogP contribution in [0.25, 0.3) is 0 Å². The van der Waals surface area contributed by atoms with E-state index in [1.54, 1.807) is 10.4 Å². The number of benzene rings is 1. The maximum Gasteiger partial charge on any atom is 0.243 e. The second-order valence-corrected chi connectivity index (χ2v) is 8.06. The highest BCUT2D eigenvalue weighted by Gasteiger charge is 2.39. The van der Waals surface area contributed by atoms with Crippen LogP contribution >= 0.6 is 0 Å². The lowest BCUT2D eigenvalue weighted by Gasteiger charge is -2.25. The third-order valence-corrected chi connectivity index (χ3v) is 5.83. The average molecular weight is 310 g/mol. The summed E-state index contributed by atoms with van der Waals surface area (Å²) in [5.41, 5.74) is 7.42. The number of aryl methyl sites for hydroxylation is 1. The normalized spacial score (nSPS) is 15.9. The molecular weight excluding hydrogens is 284 g/mol. The fraction of sp³-hybridized carbons (Fsp3) is 0.625. The average Bonchev–Trinajstić information content (AvgIpc) is 3.28. The molecule has 2 N–H and O–H groups in total. The van der Waals surface area contributed by atoms with Gasteiger partial charge in [0.05, 0.1) is 4.90 Å². The van der Waals surface area contributed by atoms with Crippen molar-refractivity contribution in [2.75, 3.05) is 6.54 Å². The fourth-order valence-electron chi connectivity index (χ4n) is 2.55. The second-order valence-electron chi connectivity index (χ2n) is 6.20. The topological polar surface area (TPSA) is 63.4 Å². The Bertz CT molecular complexity index is 592. The highest BCUT2D eigenvalue weighted by atomic mass is 32.2. The van der Waals surface area contributed by atoms with Crippen LogP contribution in [0.1, 0.15) is 44.7 Å². The van der Waals surface area contributed by atoms with Crippen LogP contribution in [-0.4, -0.2) is 25.3 Å². The van der Waals surface area contributed by atoms with Gasteiger partial charge in [-0.25, -0.2) is 8.42 Å². The van der Waals surface area contributed by atoms with Gasteiger partial charge in [-0.05, 0) is 42.4 Å². The standard InChI is InChI=1S/C16H26N2O2S/c1-4-14-6-5-13(10-17)9-16(14)21(19,20)18(11-12(2)3)15-7-8-15/h5-6,9,12,15H,4,7-8,10-11,17H2,1-3H3. The van der Waals surface area contributed by atoms with Crippen molar-refractivity contribution in [3.63, 3.8) is 0 Å². The summed E-state index contributed by atoms with van der Waals surface area (Å²) in [6.07, 6.45) is 2.66. The fourth-order valence-corrected chi connectivity index (χ4v) is 4.74. The SMILES string of the molecule is CCc1ccc(CN)cc1S(=O)(=O)N(CC(C)C)C1CC1. The molecule has 0 aromatic heterocycles. The Hall–Kier alpha value is -0.910. The molecule has 2 rings (SSSR count). The minimum Gasteiger partial charge on any atom is -0.326 e. The number of sulfonamides is 1. The quantitative estimate of drug-likeness (QED) is 0.841. The molecule has 5 heteroatoms. The molecule has 21 heavy (non-hydrogen) atoms. The van der Waals surface area contributed by atoms with E-state index in [4.69, 9.17) is 5.73 Å². The molecule has 1 aliphatic carbocycles. The lowest BCUT2D eigenvalue weighted by molar-refractivity contribution is 0.360. The predicted molar refractivity (Wildman–Crippen MR) is 85.5 cm³/mol. The van der Waals surface area contributed by atoms with Crippen molar-refractivity contribution in [3.8, 4) is 0 Å². The summed E-state index contributed by atoms with van der Waals surface area (Å²) in [7, 11) is -3.43. The Balaban J connectivity index is 2.45. The van der Waals surface area contributed by atoms with Crippen LogP contribution in [0.4, 0.5) is 0 Å². The minimum absolute atomic E-state index is 0.184. The Morgan fingerprint density at radius 2 is 2.00 bits per heavy atom. The van der Waals surface area contributed by atoms with Gasteiger partial charge in [0.25, 0.3) is 0 Å². The minimum atomic E-state index is -3.43. The van der Waals surface area contributed by atoms with Crippen molar-refractivity contribution < 1.29 is 8.42 Å². The van der Waals surface area contributed by atoms with Crippen LogP contribution in [-0.2, 0) is 23.0 Å². The van der Waals surface area contributed by atoms with Gasteiger partial charge >= 0.3 is 0 Å². The van der Waals surface area contributed by atoms with E-state index in [0.29, 0.717) is 30.3 Å². The second kappa shape index (κ2) is 6.46. The Kier molecular flexibility index (Phi) is 5.07. The molecule has 0 spiro atoms. The summed E-state index contributed by atoms with van der Waals surface area (Å²) < 4.78 is 27.9. The van der Waals surface area contributed by atoms with Gasteiger partial charge in [-0.2, -0.15) is 4.31 Å². The number of nitrogens with two attached hydrogens (primary N) is 1. The van der Waals surface area contributed by atoms with Crippen molar-refractivity contribution in [3.05, 3.63) is 29.3 Å². The third-order valence-electron chi connectivity index (χ3n) is 3.83. The van der Waals surface area contributed by atoms with Gasteiger partial charge in [-0.15, -0.1) is 0 Å². The summed E-state index contributed by atoms with van der Waals surface area (Å²) in [4.78, 5) is 0.445. The zero-order valence-electron chi connectivity index (χ0n) is 13.2. The highest BCUT2D eigenvalue weighted by Crippen LogP contribution is 2.34. The van der Waals surface area contributed by atoms with Gasteiger partial charge in [0.2, 0.25) is 10.0 Å². The van der Waals surface area contributed by atoms with Gasteiger partial charge in [0.1, 0.15) is 0 Å². The van der Waals surface area contributed by atoms with Crippen molar-refractivity contribution in [1.29, 1.82) is 0 Å². The van der Waals surface area contributed by atoms with Crippen LogP contribution in [0.5, 0.6) is 0 Å². The van der Waals surface area contributed by atoms with Crippen LogP contribution in [0.3, 0.4) is 0 Å². The molecule has 0 radical (unpaired) electrons. The molecule has 4 nitrogen and oxygen atoms in total. The zero-order valence-corrected chi connectivity index (χ0v) is 14.0. The molecular formula is C16H26N2O2S. The van der Waals surface area contributed by atoms with E-state index >= 15 is 0 Å². The number of nitrogens with zero attached hydrogens (tertiary/aromatic N) is 1. The monoisotopic (exact) mass is 310 g/mol. The van der Waals surface area contributed by atoms with Crippen molar-refractivity contribution in [1.82, 2.24) is 4.31 Å². The summed E-state index contributed by atoms with van der Waals surface area (Å²) in [5, 5.41) is 0. The molecule has 0 bridgehead atoms. The first-order chi connectivity index (χ1) is 9.90. The zero-order chi connectivity index (χ0) is 15.6. The van der Waals surface area contributed by atoms with Crippen LogP contribution < -0.4 is 5.73 Å². The van der Waals surface area contributed by atoms with E-state index in [2.05, 4.69) is 13.8 Å². The van der Waals surface area contributed by atoms with Crippen molar-refractivity contribution in [2.24, 2.45) is 11.7 Å². The molecule has 118 valence electrons. The van der Waals surface area contributed by atoms with Gasteiger partial charge in [-0.3, -0.25) is 0 Å². The first-order valence-electron chi connectivity index (χ1n) is 7.73. The van der Waals surface area contributed by atoms with E-state index in [1.807, 2.05) is 19.1 Å². The Morgan fingerprint density at radius 3 is 2.48 bits per heavy atom. The summed E-state index contributed by atoms with van der Waals surface area (Å²) in [5.74, 6) is 0.322. The summed E-state index contributed by atoms with van der Waals surface area (Å²) >= 11 is 0. The number of hydrogen-bond acceptors (Lipinski definition) is 3. The van der Waals surface area contributed by atoms with Crippen molar-refractivity contribution in [2.45, 2.75) is 57.5 Å². The third kappa shape index (κ3) is 3.65. The Labute approximate surface area is 128 Å². The maximum absolute atomic E-state index is 13.1. The molecule has 1 fully saturated rings. The van der Waals surface area contributed by atoms with Crippen LogP contribution in [0.15, 0.2) is 23.1 Å². The smallest absolute Gasteiger partial charge is 0.243 e. The Morgan fingerprint density at radius 1 is 1.33 bits per heavy atom. The predicted octanol–water partition coefficient (Wildman–Crippen LogP) is 2.52. The molecule has 1 aliphatic rings. The molecule has 0 amide bonds. The summed E-state index contributed by atoms with van der Waals surface area (Å²) in [6.45, 7) is 7.05. The van der Waals surface area contributed by atoms with E-state index < -0.39 is 10.0 Å².